The number of likely N-dealkylation sites (N-methyl/N-ethyl adjacent to an activating group) is 1. The van der Waals surface area contributed by atoms with Gasteiger partial charge >= 0.3 is 0 Å². The Labute approximate surface area is 89.8 Å². The first kappa shape index (κ1) is 10.1. The molecule has 1 aromatic rings. The quantitative estimate of drug-likeness (QED) is 0.828. The van der Waals surface area contributed by atoms with Crippen molar-refractivity contribution in [3.05, 3.63) is 15.6 Å². The Morgan fingerprint density at radius 2 is 2.43 bits per heavy atom. The normalized spacial score (nSPS) is 20.9. The van der Waals surface area contributed by atoms with Crippen LogP contribution in [0.3, 0.4) is 0 Å². The maximum Gasteiger partial charge on any atom is 0.0928 e. The Kier molecular flexibility index (Phi) is 3.19. The lowest BCUT2D eigenvalue weighted by Gasteiger charge is -2.20. The van der Waals surface area contributed by atoms with Crippen molar-refractivity contribution in [3.63, 3.8) is 0 Å². The van der Waals surface area contributed by atoms with Crippen LogP contribution in [0.25, 0.3) is 0 Å². The van der Waals surface area contributed by atoms with E-state index in [-0.39, 0.29) is 0 Å². The molecule has 1 aliphatic rings. The van der Waals surface area contributed by atoms with Crippen molar-refractivity contribution in [2.24, 2.45) is 0 Å². The van der Waals surface area contributed by atoms with Gasteiger partial charge in [0.15, 0.2) is 0 Å². The van der Waals surface area contributed by atoms with Gasteiger partial charge in [-0.1, -0.05) is 6.92 Å². The predicted molar refractivity (Wildman–Crippen MR) is 61.1 cm³/mol. The molecule has 78 valence electrons. The second-order valence-corrected chi connectivity index (χ2v) is 5.08. The zero-order chi connectivity index (χ0) is 9.97. The van der Waals surface area contributed by atoms with Gasteiger partial charge < -0.3 is 5.32 Å². The Hall–Kier alpha value is -0.410. The van der Waals surface area contributed by atoms with E-state index in [1.165, 1.54) is 30.0 Å². The Bertz CT molecular complexity index is 306. The number of rotatable bonds is 3. The van der Waals surface area contributed by atoms with E-state index in [1.807, 2.05) is 18.4 Å². The maximum atomic E-state index is 4.75. The molecule has 1 unspecified atom stereocenters. The lowest BCUT2D eigenvalue weighted by molar-refractivity contribution is 0.522. The lowest BCUT2D eigenvalue weighted by Crippen LogP contribution is -2.21. The summed E-state index contributed by atoms with van der Waals surface area (Å²) >= 11 is 1.93. The molecule has 1 aromatic heterocycles. The highest BCUT2D eigenvalue weighted by Gasteiger charge is 2.23. The fourth-order valence-corrected chi connectivity index (χ4v) is 3.29. The van der Waals surface area contributed by atoms with E-state index in [1.54, 1.807) is 4.88 Å². The summed E-state index contributed by atoms with van der Waals surface area (Å²) in [4.78, 5) is 6.30. The number of aromatic nitrogens is 1. The summed E-state index contributed by atoms with van der Waals surface area (Å²) in [6, 6.07) is 0. The van der Waals surface area contributed by atoms with Crippen LogP contribution in [0.1, 0.15) is 41.3 Å². The van der Waals surface area contributed by atoms with Crippen LogP contribution in [0.5, 0.6) is 0 Å². The third-order valence-electron chi connectivity index (χ3n) is 2.87. The SMILES string of the molecule is CCc1nc2c(s1)CCCC2CNC. The highest BCUT2D eigenvalue weighted by molar-refractivity contribution is 7.11. The van der Waals surface area contributed by atoms with E-state index in [0.29, 0.717) is 5.92 Å². The molecule has 3 heteroatoms. The first-order chi connectivity index (χ1) is 6.85. The zero-order valence-electron chi connectivity index (χ0n) is 8.97. The second-order valence-electron chi connectivity index (χ2n) is 3.92. The van der Waals surface area contributed by atoms with Crippen molar-refractivity contribution in [1.82, 2.24) is 10.3 Å². The topological polar surface area (TPSA) is 24.9 Å². The number of nitrogens with one attached hydrogen (secondary N) is 1. The third-order valence-corrected chi connectivity index (χ3v) is 4.14. The van der Waals surface area contributed by atoms with E-state index >= 15 is 0 Å². The predicted octanol–water partition coefficient (Wildman–Crippen LogP) is 2.34. The average molecular weight is 210 g/mol. The van der Waals surface area contributed by atoms with Crippen LogP contribution in [0.2, 0.25) is 0 Å². The molecule has 0 fully saturated rings. The minimum atomic E-state index is 0.667. The van der Waals surface area contributed by atoms with Crippen molar-refractivity contribution in [1.29, 1.82) is 0 Å². The monoisotopic (exact) mass is 210 g/mol. The summed E-state index contributed by atoms with van der Waals surface area (Å²) in [5.41, 5.74) is 1.40. The molecule has 1 aliphatic carbocycles. The summed E-state index contributed by atoms with van der Waals surface area (Å²) in [7, 11) is 2.03. The number of nitrogens with zero attached hydrogens (tertiary/aromatic N) is 1. The van der Waals surface area contributed by atoms with Crippen molar-refractivity contribution in [2.45, 2.75) is 38.5 Å². The molecule has 1 heterocycles. The van der Waals surface area contributed by atoms with Crippen molar-refractivity contribution >= 4 is 11.3 Å². The number of thiazole rings is 1. The number of hydrogen-bond donors (Lipinski definition) is 1. The van der Waals surface area contributed by atoms with Gasteiger partial charge in [-0.2, -0.15) is 0 Å². The molecule has 0 aliphatic heterocycles. The largest absolute Gasteiger partial charge is 0.319 e. The van der Waals surface area contributed by atoms with Crippen LogP contribution in [-0.2, 0) is 12.8 Å². The van der Waals surface area contributed by atoms with Crippen LogP contribution >= 0.6 is 11.3 Å². The van der Waals surface area contributed by atoms with Gasteiger partial charge in [0.2, 0.25) is 0 Å². The fraction of sp³-hybridized carbons (Fsp3) is 0.727. The Balaban J connectivity index is 2.24. The molecule has 0 saturated carbocycles. The van der Waals surface area contributed by atoms with Gasteiger partial charge in [-0.15, -0.1) is 11.3 Å². The number of hydrogen-bond acceptors (Lipinski definition) is 3. The molecule has 14 heavy (non-hydrogen) atoms. The molecular weight excluding hydrogens is 192 g/mol. The minimum Gasteiger partial charge on any atom is -0.319 e. The van der Waals surface area contributed by atoms with Crippen molar-refractivity contribution < 1.29 is 0 Å². The smallest absolute Gasteiger partial charge is 0.0928 e. The summed E-state index contributed by atoms with van der Waals surface area (Å²) < 4.78 is 0. The number of aryl methyl sites for hydroxylation is 2. The van der Waals surface area contributed by atoms with Crippen LogP contribution in [0, 0.1) is 0 Å². The van der Waals surface area contributed by atoms with Gasteiger partial charge in [0, 0.05) is 17.3 Å². The molecule has 1 atom stereocenters. The highest BCUT2D eigenvalue weighted by Crippen LogP contribution is 2.34. The van der Waals surface area contributed by atoms with Gasteiger partial charge in [0.05, 0.1) is 10.7 Å². The standard InChI is InChI=1S/C11H18N2S/c1-3-10-13-11-8(7-12-2)5-4-6-9(11)14-10/h8,12H,3-7H2,1-2H3. The van der Waals surface area contributed by atoms with E-state index in [4.69, 9.17) is 4.98 Å². The zero-order valence-corrected chi connectivity index (χ0v) is 9.78. The summed E-state index contributed by atoms with van der Waals surface area (Å²) in [6.07, 6.45) is 4.99. The lowest BCUT2D eigenvalue weighted by atomic mass is 9.91. The van der Waals surface area contributed by atoms with E-state index in [2.05, 4.69) is 12.2 Å². The molecule has 0 saturated heterocycles. The minimum absolute atomic E-state index is 0.667. The molecule has 0 amide bonds. The molecule has 0 radical (unpaired) electrons. The highest BCUT2D eigenvalue weighted by atomic mass is 32.1. The van der Waals surface area contributed by atoms with E-state index < -0.39 is 0 Å². The van der Waals surface area contributed by atoms with Crippen LogP contribution in [-0.4, -0.2) is 18.6 Å². The van der Waals surface area contributed by atoms with Crippen molar-refractivity contribution in [3.8, 4) is 0 Å². The van der Waals surface area contributed by atoms with Gasteiger partial charge in [0.25, 0.3) is 0 Å². The molecule has 1 N–H and O–H groups in total. The van der Waals surface area contributed by atoms with Crippen molar-refractivity contribution in [2.75, 3.05) is 13.6 Å². The summed E-state index contributed by atoms with van der Waals surface area (Å²) in [6.45, 7) is 3.28. The fourth-order valence-electron chi connectivity index (χ4n) is 2.15. The summed E-state index contributed by atoms with van der Waals surface area (Å²) in [5.74, 6) is 0.667. The molecular formula is C11H18N2S. The first-order valence-corrected chi connectivity index (χ1v) is 6.29. The van der Waals surface area contributed by atoms with Gasteiger partial charge in [-0.3, -0.25) is 0 Å². The molecule has 2 nitrogen and oxygen atoms in total. The van der Waals surface area contributed by atoms with E-state index in [0.717, 1.165) is 13.0 Å². The van der Waals surface area contributed by atoms with E-state index in [9.17, 15) is 0 Å². The maximum absolute atomic E-state index is 4.75. The van der Waals surface area contributed by atoms with Gasteiger partial charge in [-0.25, -0.2) is 4.98 Å². The molecule has 0 aromatic carbocycles. The number of fused-ring (bicyclic) bond motifs is 1. The molecule has 2 rings (SSSR count). The molecule has 0 bridgehead atoms. The Morgan fingerprint density at radius 1 is 1.57 bits per heavy atom. The van der Waals surface area contributed by atoms with Gasteiger partial charge in [0.1, 0.15) is 0 Å². The van der Waals surface area contributed by atoms with Crippen LogP contribution in [0.15, 0.2) is 0 Å². The average Bonchev–Trinajstić information content (AvgIpc) is 2.62. The molecule has 0 spiro atoms. The first-order valence-electron chi connectivity index (χ1n) is 5.48. The Morgan fingerprint density at radius 3 is 3.14 bits per heavy atom. The van der Waals surface area contributed by atoms with Crippen LogP contribution < -0.4 is 5.32 Å². The van der Waals surface area contributed by atoms with Gasteiger partial charge in [-0.05, 0) is 32.7 Å². The second kappa shape index (κ2) is 4.41. The summed E-state index contributed by atoms with van der Waals surface area (Å²) in [5, 5.41) is 4.59. The third kappa shape index (κ3) is 1.84. The van der Waals surface area contributed by atoms with Crippen LogP contribution in [0.4, 0.5) is 0 Å².